The Balaban J connectivity index is 2.03. The summed E-state index contributed by atoms with van der Waals surface area (Å²) in [6, 6.07) is 3.59. The monoisotopic (exact) mass is 255 g/mol. The van der Waals surface area contributed by atoms with Crippen LogP contribution in [0.5, 0.6) is 5.75 Å². The number of nitrogens with one attached hydrogen (secondary N) is 1. The van der Waals surface area contributed by atoms with Crippen LogP contribution in [0.25, 0.3) is 0 Å². The molecular formula is C12H14FNO2S. The van der Waals surface area contributed by atoms with E-state index < -0.39 is 5.82 Å². The second-order valence-corrected chi connectivity index (χ2v) is 5.25. The molecule has 1 fully saturated rings. The summed E-state index contributed by atoms with van der Waals surface area (Å²) in [4.78, 5) is 11.8. The zero-order valence-corrected chi connectivity index (χ0v) is 10.1. The van der Waals surface area contributed by atoms with E-state index in [0.29, 0.717) is 0 Å². The van der Waals surface area contributed by atoms with Crippen LogP contribution in [0.15, 0.2) is 18.2 Å². The van der Waals surface area contributed by atoms with Gasteiger partial charge in [0.2, 0.25) is 0 Å². The molecule has 0 unspecified atom stereocenters. The molecule has 3 nitrogen and oxygen atoms in total. The highest BCUT2D eigenvalue weighted by atomic mass is 32.2. The topological polar surface area (TPSA) is 49.3 Å². The molecule has 0 radical (unpaired) electrons. The molecule has 0 bridgehead atoms. The van der Waals surface area contributed by atoms with Crippen LogP contribution in [0.1, 0.15) is 23.2 Å². The molecule has 1 aromatic carbocycles. The van der Waals surface area contributed by atoms with Crippen LogP contribution < -0.4 is 5.32 Å². The van der Waals surface area contributed by atoms with Crippen molar-refractivity contribution < 1.29 is 14.3 Å². The van der Waals surface area contributed by atoms with Gasteiger partial charge in [-0.3, -0.25) is 4.79 Å². The molecule has 0 spiro atoms. The van der Waals surface area contributed by atoms with Crippen LogP contribution in [0.4, 0.5) is 4.39 Å². The van der Waals surface area contributed by atoms with E-state index in [1.165, 1.54) is 12.1 Å². The molecule has 2 N–H and O–H groups in total. The Bertz CT molecular complexity index is 419. The van der Waals surface area contributed by atoms with Gasteiger partial charge in [-0.05, 0) is 36.5 Å². The van der Waals surface area contributed by atoms with Crippen LogP contribution >= 0.6 is 11.8 Å². The Morgan fingerprint density at radius 2 is 2.12 bits per heavy atom. The van der Waals surface area contributed by atoms with Gasteiger partial charge in [-0.25, -0.2) is 4.39 Å². The number of phenols is 1. The minimum Gasteiger partial charge on any atom is -0.507 e. The number of amides is 1. The van der Waals surface area contributed by atoms with Gasteiger partial charge in [-0.1, -0.05) is 0 Å². The Morgan fingerprint density at radius 1 is 1.41 bits per heavy atom. The second kappa shape index (κ2) is 5.40. The predicted molar refractivity (Wildman–Crippen MR) is 65.9 cm³/mol. The largest absolute Gasteiger partial charge is 0.507 e. The molecular weight excluding hydrogens is 241 g/mol. The Hall–Kier alpha value is -1.23. The Kier molecular flexibility index (Phi) is 3.89. The van der Waals surface area contributed by atoms with E-state index in [1.807, 2.05) is 11.8 Å². The first kappa shape index (κ1) is 12.2. The molecule has 0 saturated carbocycles. The number of phenolic OH excluding ortho intramolecular Hbond substituents is 1. The van der Waals surface area contributed by atoms with E-state index in [0.717, 1.165) is 30.4 Å². The lowest BCUT2D eigenvalue weighted by Crippen LogP contribution is -2.37. The normalized spacial score (nSPS) is 16.8. The molecule has 92 valence electrons. The highest BCUT2D eigenvalue weighted by molar-refractivity contribution is 7.99. The number of hydrogen-bond donors (Lipinski definition) is 2. The molecule has 1 amide bonds. The molecule has 0 aromatic heterocycles. The van der Waals surface area contributed by atoms with Gasteiger partial charge in [-0.15, -0.1) is 0 Å². The molecule has 0 aliphatic carbocycles. The van der Waals surface area contributed by atoms with E-state index in [-0.39, 0.29) is 23.3 Å². The fourth-order valence-electron chi connectivity index (χ4n) is 1.80. The van der Waals surface area contributed by atoms with E-state index in [2.05, 4.69) is 5.32 Å². The third-order valence-corrected chi connectivity index (χ3v) is 3.81. The standard InChI is InChI=1S/C12H14FNO2S/c13-8-1-2-10(11(15)7-8)12(16)14-9-3-5-17-6-4-9/h1-2,7,9,15H,3-6H2,(H,14,16). The van der Waals surface area contributed by atoms with Gasteiger partial charge in [0, 0.05) is 12.1 Å². The maximum Gasteiger partial charge on any atom is 0.255 e. The molecule has 5 heteroatoms. The van der Waals surface area contributed by atoms with E-state index in [4.69, 9.17) is 0 Å². The first-order valence-corrected chi connectivity index (χ1v) is 6.69. The first-order valence-electron chi connectivity index (χ1n) is 5.54. The summed E-state index contributed by atoms with van der Waals surface area (Å²) in [5, 5.41) is 12.3. The quantitative estimate of drug-likeness (QED) is 0.851. The van der Waals surface area contributed by atoms with Crippen LogP contribution in [-0.2, 0) is 0 Å². The third kappa shape index (κ3) is 3.12. The summed E-state index contributed by atoms with van der Waals surface area (Å²) < 4.78 is 12.8. The SMILES string of the molecule is O=C(NC1CCSCC1)c1ccc(F)cc1O. The van der Waals surface area contributed by atoms with Gasteiger partial charge in [0.1, 0.15) is 11.6 Å². The van der Waals surface area contributed by atoms with Crippen molar-refractivity contribution in [3.05, 3.63) is 29.6 Å². The van der Waals surface area contributed by atoms with Crippen LogP contribution in [-0.4, -0.2) is 28.6 Å². The average molecular weight is 255 g/mol. The number of hydrogen-bond acceptors (Lipinski definition) is 3. The molecule has 1 saturated heterocycles. The summed E-state index contributed by atoms with van der Waals surface area (Å²) in [6.45, 7) is 0. The fourth-order valence-corrected chi connectivity index (χ4v) is 2.91. The number of rotatable bonds is 2. The number of carbonyl (C=O) groups excluding carboxylic acids is 1. The lowest BCUT2D eigenvalue weighted by molar-refractivity contribution is 0.0932. The summed E-state index contributed by atoms with van der Waals surface area (Å²) in [5.41, 5.74) is 0.129. The van der Waals surface area contributed by atoms with Gasteiger partial charge in [-0.2, -0.15) is 11.8 Å². The van der Waals surface area contributed by atoms with Gasteiger partial charge >= 0.3 is 0 Å². The summed E-state index contributed by atoms with van der Waals surface area (Å²) in [7, 11) is 0. The van der Waals surface area contributed by atoms with Crippen LogP contribution in [0, 0.1) is 5.82 Å². The van der Waals surface area contributed by atoms with Crippen molar-refractivity contribution in [3.63, 3.8) is 0 Å². The first-order chi connectivity index (χ1) is 8.16. The predicted octanol–water partition coefficient (Wildman–Crippen LogP) is 2.16. The third-order valence-electron chi connectivity index (χ3n) is 2.76. The van der Waals surface area contributed by atoms with Gasteiger partial charge < -0.3 is 10.4 Å². The molecule has 1 heterocycles. The van der Waals surface area contributed by atoms with Gasteiger partial charge in [0.25, 0.3) is 5.91 Å². The lowest BCUT2D eigenvalue weighted by atomic mass is 10.1. The molecule has 1 aromatic rings. The number of aromatic hydroxyl groups is 1. The highest BCUT2D eigenvalue weighted by Crippen LogP contribution is 2.20. The van der Waals surface area contributed by atoms with Crippen molar-refractivity contribution in [2.45, 2.75) is 18.9 Å². The summed E-state index contributed by atoms with van der Waals surface area (Å²) in [6.07, 6.45) is 1.89. The minimum atomic E-state index is -0.548. The summed E-state index contributed by atoms with van der Waals surface area (Å²) in [5.74, 6) is 0.890. The maximum absolute atomic E-state index is 12.8. The number of benzene rings is 1. The number of thioether (sulfide) groups is 1. The van der Waals surface area contributed by atoms with E-state index in [9.17, 15) is 14.3 Å². The van der Waals surface area contributed by atoms with Crippen molar-refractivity contribution in [1.82, 2.24) is 5.32 Å². The maximum atomic E-state index is 12.8. The molecule has 17 heavy (non-hydrogen) atoms. The van der Waals surface area contributed by atoms with Crippen molar-refractivity contribution >= 4 is 17.7 Å². The van der Waals surface area contributed by atoms with Crippen molar-refractivity contribution in [1.29, 1.82) is 0 Å². The molecule has 1 aliphatic heterocycles. The second-order valence-electron chi connectivity index (χ2n) is 4.02. The van der Waals surface area contributed by atoms with Crippen molar-refractivity contribution in [2.24, 2.45) is 0 Å². The van der Waals surface area contributed by atoms with E-state index in [1.54, 1.807) is 0 Å². The average Bonchev–Trinajstić information content (AvgIpc) is 2.30. The summed E-state index contributed by atoms with van der Waals surface area (Å²) >= 11 is 1.88. The Labute approximate surface area is 103 Å². The zero-order chi connectivity index (χ0) is 12.3. The van der Waals surface area contributed by atoms with E-state index >= 15 is 0 Å². The smallest absolute Gasteiger partial charge is 0.255 e. The van der Waals surface area contributed by atoms with Gasteiger partial charge in [0.15, 0.2) is 0 Å². The van der Waals surface area contributed by atoms with Crippen LogP contribution in [0.2, 0.25) is 0 Å². The van der Waals surface area contributed by atoms with Crippen molar-refractivity contribution in [2.75, 3.05) is 11.5 Å². The van der Waals surface area contributed by atoms with Crippen LogP contribution in [0.3, 0.4) is 0 Å². The van der Waals surface area contributed by atoms with Crippen molar-refractivity contribution in [3.8, 4) is 5.75 Å². The highest BCUT2D eigenvalue weighted by Gasteiger charge is 2.18. The molecule has 2 rings (SSSR count). The lowest BCUT2D eigenvalue weighted by Gasteiger charge is -2.22. The molecule has 0 atom stereocenters. The van der Waals surface area contributed by atoms with Gasteiger partial charge in [0.05, 0.1) is 5.56 Å². The number of halogens is 1. The number of carbonyl (C=O) groups is 1. The fraction of sp³-hybridized carbons (Fsp3) is 0.417. The minimum absolute atomic E-state index is 0.129. The zero-order valence-electron chi connectivity index (χ0n) is 9.28. The molecule has 1 aliphatic rings. The Morgan fingerprint density at radius 3 is 2.76 bits per heavy atom.